The molecule has 2 aromatic heterocycles. The molecule has 3 aromatic carbocycles. The molecule has 8 nitrogen and oxygen atoms in total. The molecule has 0 saturated carbocycles. The van der Waals surface area contributed by atoms with Crippen LogP contribution in [0.25, 0.3) is 22.2 Å². The number of nitrogen functional groups attached to an aromatic ring is 1. The summed E-state index contributed by atoms with van der Waals surface area (Å²) in [5.74, 6) is 1.32. The van der Waals surface area contributed by atoms with Gasteiger partial charge in [0.25, 0.3) is 5.91 Å². The van der Waals surface area contributed by atoms with E-state index in [1.807, 2.05) is 78.2 Å². The van der Waals surface area contributed by atoms with Crippen LogP contribution in [-0.4, -0.2) is 34.7 Å². The minimum Gasteiger partial charge on any atom is -0.493 e. The van der Waals surface area contributed by atoms with E-state index in [2.05, 4.69) is 5.32 Å². The fourth-order valence-electron chi connectivity index (χ4n) is 4.27. The first-order chi connectivity index (χ1) is 17.5. The smallest absolute Gasteiger partial charge is 0.261 e. The van der Waals surface area contributed by atoms with Crippen LogP contribution >= 0.6 is 0 Å². The fraction of sp³-hybridized carbons (Fsp3) is 0.179. The monoisotopic (exact) mass is 481 g/mol. The topological polar surface area (TPSA) is 104 Å². The van der Waals surface area contributed by atoms with Crippen molar-refractivity contribution in [2.75, 3.05) is 25.3 Å². The van der Waals surface area contributed by atoms with E-state index >= 15 is 0 Å². The van der Waals surface area contributed by atoms with Gasteiger partial charge in [-0.3, -0.25) is 4.79 Å². The molecule has 8 heteroatoms. The lowest BCUT2D eigenvalue weighted by atomic mass is 10.1. The molecule has 0 fully saturated rings. The van der Waals surface area contributed by atoms with Crippen molar-refractivity contribution >= 4 is 39.6 Å². The highest BCUT2D eigenvalue weighted by Crippen LogP contribution is 2.31. The van der Waals surface area contributed by atoms with Crippen molar-refractivity contribution < 1.29 is 14.3 Å². The number of carbonyl (C=O) groups is 1. The highest BCUT2D eigenvalue weighted by molar-refractivity contribution is 6.16. The standard InChI is InChI=1S/C28H27N5O3/c1-17-8-11-19(12-9-17)30-28(34)24-25-27(32-21-7-5-4-6-20(21)31-25)33(26(24)29)15-14-18-10-13-22(35-2)23(16-18)36-3/h4-13,16H,14-15,29H2,1-3H3,(H,30,34). The van der Waals surface area contributed by atoms with Crippen LogP contribution in [0.15, 0.2) is 66.7 Å². The quantitative estimate of drug-likeness (QED) is 0.339. The minimum absolute atomic E-state index is 0.316. The molecule has 2 heterocycles. The van der Waals surface area contributed by atoms with Crippen molar-refractivity contribution in [3.8, 4) is 11.5 Å². The van der Waals surface area contributed by atoms with Crippen LogP contribution in [0.5, 0.6) is 11.5 Å². The first-order valence-corrected chi connectivity index (χ1v) is 11.6. The number of benzene rings is 3. The van der Waals surface area contributed by atoms with Gasteiger partial charge < -0.3 is 25.1 Å². The van der Waals surface area contributed by atoms with E-state index in [0.29, 0.717) is 58.2 Å². The van der Waals surface area contributed by atoms with E-state index in [-0.39, 0.29) is 5.91 Å². The number of carbonyl (C=O) groups excluding carboxylic acids is 1. The van der Waals surface area contributed by atoms with E-state index in [1.54, 1.807) is 14.2 Å². The molecular weight excluding hydrogens is 454 g/mol. The molecule has 0 atom stereocenters. The summed E-state index contributed by atoms with van der Waals surface area (Å²) < 4.78 is 12.6. The molecular formula is C28H27N5O3. The number of nitrogens with zero attached hydrogens (tertiary/aromatic N) is 3. The van der Waals surface area contributed by atoms with Crippen LogP contribution in [0.3, 0.4) is 0 Å². The van der Waals surface area contributed by atoms with Gasteiger partial charge >= 0.3 is 0 Å². The molecule has 5 rings (SSSR count). The van der Waals surface area contributed by atoms with Crippen molar-refractivity contribution in [1.82, 2.24) is 14.5 Å². The second kappa shape index (κ2) is 9.58. The summed E-state index contributed by atoms with van der Waals surface area (Å²) in [7, 11) is 3.22. The van der Waals surface area contributed by atoms with Crippen LogP contribution < -0.4 is 20.5 Å². The van der Waals surface area contributed by atoms with Crippen molar-refractivity contribution in [2.24, 2.45) is 0 Å². The zero-order chi connectivity index (χ0) is 25.2. The number of nitrogens with one attached hydrogen (secondary N) is 1. The maximum Gasteiger partial charge on any atom is 0.261 e. The van der Waals surface area contributed by atoms with Crippen LogP contribution in [0.2, 0.25) is 0 Å². The predicted octanol–water partition coefficient (Wildman–Crippen LogP) is 4.99. The van der Waals surface area contributed by atoms with Crippen molar-refractivity contribution in [2.45, 2.75) is 19.9 Å². The van der Waals surface area contributed by atoms with Crippen molar-refractivity contribution in [3.05, 3.63) is 83.4 Å². The summed E-state index contributed by atoms with van der Waals surface area (Å²) in [5.41, 5.74) is 12.2. The van der Waals surface area contributed by atoms with E-state index in [9.17, 15) is 4.79 Å². The largest absolute Gasteiger partial charge is 0.493 e. The summed E-state index contributed by atoms with van der Waals surface area (Å²) >= 11 is 0. The lowest BCUT2D eigenvalue weighted by Gasteiger charge is -2.11. The molecule has 0 saturated heterocycles. The number of fused-ring (bicyclic) bond motifs is 2. The number of aryl methyl sites for hydroxylation is 3. The lowest BCUT2D eigenvalue weighted by Crippen LogP contribution is -2.15. The van der Waals surface area contributed by atoms with Gasteiger partial charge in [0, 0.05) is 12.2 Å². The van der Waals surface area contributed by atoms with Crippen LogP contribution in [0.1, 0.15) is 21.5 Å². The molecule has 3 N–H and O–H groups in total. The predicted molar refractivity (Wildman–Crippen MR) is 142 cm³/mol. The Labute approximate surface area is 208 Å². The average Bonchev–Trinajstić information content (AvgIpc) is 3.17. The SMILES string of the molecule is COc1ccc(CCn2c(N)c(C(=O)Nc3ccc(C)cc3)c3nc4ccccc4nc32)cc1OC. The van der Waals surface area contributed by atoms with Gasteiger partial charge in [0.1, 0.15) is 16.9 Å². The Morgan fingerprint density at radius 2 is 1.64 bits per heavy atom. The van der Waals surface area contributed by atoms with Gasteiger partial charge in [-0.1, -0.05) is 35.9 Å². The van der Waals surface area contributed by atoms with Gasteiger partial charge in [-0.25, -0.2) is 9.97 Å². The van der Waals surface area contributed by atoms with Crippen molar-refractivity contribution in [1.29, 1.82) is 0 Å². The Morgan fingerprint density at radius 3 is 2.33 bits per heavy atom. The Hall–Kier alpha value is -4.59. The Kier molecular flexibility index (Phi) is 6.16. The maximum absolute atomic E-state index is 13.4. The first-order valence-electron chi connectivity index (χ1n) is 11.6. The van der Waals surface area contributed by atoms with E-state index < -0.39 is 0 Å². The first kappa shape index (κ1) is 23.2. The third-order valence-corrected chi connectivity index (χ3v) is 6.20. The number of anilines is 2. The number of ether oxygens (including phenoxy) is 2. The number of nitrogens with two attached hydrogens (primary N) is 1. The highest BCUT2D eigenvalue weighted by atomic mass is 16.5. The minimum atomic E-state index is -0.323. The highest BCUT2D eigenvalue weighted by Gasteiger charge is 2.24. The van der Waals surface area contributed by atoms with Gasteiger partial charge in [-0.15, -0.1) is 0 Å². The van der Waals surface area contributed by atoms with E-state index in [0.717, 1.165) is 16.6 Å². The average molecular weight is 482 g/mol. The molecule has 36 heavy (non-hydrogen) atoms. The number of para-hydroxylation sites is 2. The Balaban J connectivity index is 1.56. The van der Waals surface area contributed by atoms with Gasteiger partial charge in [-0.05, 0) is 55.3 Å². The fourth-order valence-corrected chi connectivity index (χ4v) is 4.27. The second-order valence-corrected chi connectivity index (χ2v) is 8.56. The summed E-state index contributed by atoms with van der Waals surface area (Å²) in [6.07, 6.45) is 0.641. The van der Waals surface area contributed by atoms with Crippen LogP contribution in [0, 0.1) is 6.92 Å². The number of rotatable bonds is 7. The summed E-state index contributed by atoms with van der Waals surface area (Å²) in [5, 5.41) is 2.95. The van der Waals surface area contributed by atoms with E-state index in [1.165, 1.54) is 0 Å². The molecule has 0 aliphatic heterocycles. The molecule has 0 aliphatic rings. The molecule has 5 aromatic rings. The zero-order valence-electron chi connectivity index (χ0n) is 20.4. The number of hydrogen-bond donors (Lipinski definition) is 2. The second-order valence-electron chi connectivity index (χ2n) is 8.56. The Bertz CT molecular complexity index is 1570. The molecule has 182 valence electrons. The summed E-state index contributed by atoms with van der Waals surface area (Å²) in [6.45, 7) is 2.50. The molecule has 0 aliphatic carbocycles. The number of aromatic nitrogens is 3. The summed E-state index contributed by atoms with van der Waals surface area (Å²) in [4.78, 5) is 23.0. The van der Waals surface area contributed by atoms with Gasteiger partial charge in [0.05, 0.1) is 25.3 Å². The lowest BCUT2D eigenvalue weighted by molar-refractivity contribution is 0.102. The third-order valence-electron chi connectivity index (χ3n) is 6.20. The molecule has 0 bridgehead atoms. The normalized spacial score (nSPS) is 11.1. The van der Waals surface area contributed by atoms with Crippen molar-refractivity contribution in [3.63, 3.8) is 0 Å². The number of methoxy groups -OCH3 is 2. The van der Waals surface area contributed by atoms with Gasteiger partial charge in [0.15, 0.2) is 17.1 Å². The maximum atomic E-state index is 13.4. The zero-order valence-corrected chi connectivity index (χ0v) is 20.4. The van der Waals surface area contributed by atoms with Crippen LogP contribution in [-0.2, 0) is 13.0 Å². The molecule has 0 unspecified atom stereocenters. The van der Waals surface area contributed by atoms with Crippen LogP contribution in [0.4, 0.5) is 11.5 Å². The molecule has 0 spiro atoms. The number of amides is 1. The van der Waals surface area contributed by atoms with Gasteiger partial charge in [-0.2, -0.15) is 0 Å². The molecule has 0 radical (unpaired) electrons. The third kappa shape index (κ3) is 4.29. The number of hydrogen-bond acceptors (Lipinski definition) is 6. The van der Waals surface area contributed by atoms with E-state index in [4.69, 9.17) is 25.2 Å². The molecule has 1 amide bonds. The summed E-state index contributed by atoms with van der Waals surface area (Å²) in [6, 6.07) is 21.0. The van der Waals surface area contributed by atoms with Gasteiger partial charge in [0.2, 0.25) is 0 Å². The Morgan fingerprint density at radius 1 is 0.944 bits per heavy atom.